The van der Waals surface area contributed by atoms with Crippen LogP contribution in [-0.4, -0.2) is 43.3 Å². The van der Waals surface area contributed by atoms with Crippen LogP contribution in [0.3, 0.4) is 0 Å². The molecule has 0 aliphatic rings. The molecule has 0 fully saturated rings. The number of nitrogens with one attached hydrogen (secondary N) is 1. The highest BCUT2D eigenvalue weighted by atomic mass is 16.5. The maximum absolute atomic E-state index is 12.5. The summed E-state index contributed by atoms with van der Waals surface area (Å²) >= 11 is 0. The minimum atomic E-state index is -0.280. The highest BCUT2D eigenvalue weighted by Crippen LogP contribution is 2.13. The molecule has 0 heterocycles. The minimum Gasteiger partial charge on any atom is -0.497 e. The van der Waals surface area contributed by atoms with Crippen LogP contribution >= 0.6 is 0 Å². The zero-order valence-electron chi connectivity index (χ0n) is 16.2. The van der Waals surface area contributed by atoms with Gasteiger partial charge in [0, 0.05) is 30.8 Å². The van der Waals surface area contributed by atoms with Crippen LogP contribution in [0.4, 0.5) is 0 Å². The van der Waals surface area contributed by atoms with Gasteiger partial charge in [0.2, 0.25) is 0 Å². The standard InChI is InChI=1S/C23H26N2O3/c1-4-12-25(13-5-2)17-18-8-6-10-20(14-18)23(27)24-16-22(26)19-9-7-11-21(15-19)28-3/h4-11,14-15H,1-2,12-13,16-17H2,3H3,(H,24,27). The van der Waals surface area contributed by atoms with E-state index in [2.05, 4.69) is 23.4 Å². The molecule has 0 radical (unpaired) electrons. The fourth-order valence-corrected chi connectivity index (χ4v) is 2.80. The molecule has 28 heavy (non-hydrogen) atoms. The molecule has 5 heteroatoms. The summed E-state index contributed by atoms with van der Waals surface area (Å²) in [6.45, 7) is 9.61. The van der Waals surface area contributed by atoms with Crippen molar-refractivity contribution in [3.63, 3.8) is 0 Å². The number of hydrogen-bond donors (Lipinski definition) is 1. The second kappa shape index (κ2) is 10.8. The SMILES string of the molecule is C=CCN(CC=C)Cc1cccc(C(=O)NCC(=O)c2cccc(OC)c2)c1. The predicted molar refractivity (Wildman–Crippen MR) is 112 cm³/mol. The van der Waals surface area contributed by atoms with E-state index in [0.29, 0.717) is 23.4 Å². The number of methoxy groups -OCH3 is 1. The number of rotatable bonds is 11. The number of ketones is 1. The Morgan fingerprint density at radius 1 is 1.04 bits per heavy atom. The van der Waals surface area contributed by atoms with Gasteiger partial charge in [0.05, 0.1) is 13.7 Å². The van der Waals surface area contributed by atoms with Crippen molar-refractivity contribution >= 4 is 11.7 Å². The van der Waals surface area contributed by atoms with Crippen LogP contribution in [0, 0.1) is 0 Å². The van der Waals surface area contributed by atoms with E-state index in [1.54, 1.807) is 37.4 Å². The Labute approximate surface area is 166 Å². The number of amides is 1. The van der Waals surface area contributed by atoms with Gasteiger partial charge >= 0.3 is 0 Å². The zero-order chi connectivity index (χ0) is 20.4. The molecular formula is C23H26N2O3. The van der Waals surface area contributed by atoms with Gasteiger partial charge in [-0.15, -0.1) is 13.2 Å². The first-order chi connectivity index (χ1) is 13.6. The molecule has 0 aliphatic carbocycles. The third-order valence-corrected chi connectivity index (χ3v) is 4.17. The Hall–Kier alpha value is -3.18. The maximum Gasteiger partial charge on any atom is 0.251 e. The van der Waals surface area contributed by atoms with Gasteiger partial charge in [-0.1, -0.05) is 36.4 Å². The van der Waals surface area contributed by atoms with Crippen LogP contribution in [-0.2, 0) is 6.54 Å². The summed E-state index contributed by atoms with van der Waals surface area (Å²) in [7, 11) is 1.55. The van der Waals surface area contributed by atoms with E-state index < -0.39 is 0 Å². The van der Waals surface area contributed by atoms with Crippen LogP contribution in [0.1, 0.15) is 26.3 Å². The Balaban J connectivity index is 1.99. The Kier molecular flexibility index (Phi) is 8.18. The van der Waals surface area contributed by atoms with Crippen LogP contribution < -0.4 is 10.1 Å². The molecule has 0 atom stereocenters. The van der Waals surface area contributed by atoms with Crippen molar-refractivity contribution in [3.8, 4) is 5.75 Å². The maximum atomic E-state index is 12.5. The number of carbonyl (C=O) groups excluding carboxylic acids is 2. The molecule has 0 bridgehead atoms. The quantitative estimate of drug-likeness (QED) is 0.480. The van der Waals surface area contributed by atoms with E-state index in [1.807, 2.05) is 30.4 Å². The third-order valence-electron chi connectivity index (χ3n) is 4.17. The van der Waals surface area contributed by atoms with Gasteiger partial charge in [0.1, 0.15) is 5.75 Å². The lowest BCUT2D eigenvalue weighted by Crippen LogP contribution is -2.29. The average molecular weight is 378 g/mol. The molecular weight excluding hydrogens is 352 g/mol. The summed E-state index contributed by atoms with van der Waals surface area (Å²) in [5.74, 6) is 0.150. The predicted octanol–water partition coefficient (Wildman–Crippen LogP) is 3.48. The second-order valence-corrected chi connectivity index (χ2v) is 6.31. The largest absolute Gasteiger partial charge is 0.497 e. The molecule has 2 aromatic carbocycles. The van der Waals surface area contributed by atoms with E-state index in [1.165, 1.54) is 0 Å². The van der Waals surface area contributed by atoms with Crippen molar-refractivity contribution in [1.82, 2.24) is 10.2 Å². The first-order valence-corrected chi connectivity index (χ1v) is 9.06. The van der Waals surface area contributed by atoms with Gasteiger partial charge in [-0.2, -0.15) is 0 Å². The topological polar surface area (TPSA) is 58.6 Å². The number of nitrogens with zero attached hydrogens (tertiary/aromatic N) is 1. The van der Waals surface area contributed by atoms with Gasteiger partial charge in [-0.05, 0) is 29.8 Å². The second-order valence-electron chi connectivity index (χ2n) is 6.31. The lowest BCUT2D eigenvalue weighted by molar-refractivity contribution is 0.0904. The van der Waals surface area contributed by atoms with Crippen LogP contribution in [0.15, 0.2) is 73.8 Å². The smallest absolute Gasteiger partial charge is 0.251 e. The summed E-state index contributed by atoms with van der Waals surface area (Å²) in [5.41, 5.74) is 2.03. The lowest BCUT2D eigenvalue weighted by Gasteiger charge is -2.19. The summed E-state index contributed by atoms with van der Waals surface area (Å²) in [6.07, 6.45) is 3.68. The Morgan fingerprint density at radius 3 is 2.39 bits per heavy atom. The summed E-state index contributed by atoms with van der Waals surface area (Å²) < 4.78 is 5.12. The van der Waals surface area contributed by atoms with Crippen LogP contribution in [0.25, 0.3) is 0 Å². The van der Waals surface area contributed by atoms with Crippen molar-refractivity contribution in [2.45, 2.75) is 6.54 Å². The van der Waals surface area contributed by atoms with Crippen molar-refractivity contribution in [2.75, 3.05) is 26.7 Å². The first-order valence-electron chi connectivity index (χ1n) is 9.06. The zero-order valence-corrected chi connectivity index (χ0v) is 16.2. The molecule has 146 valence electrons. The average Bonchev–Trinajstić information content (AvgIpc) is 2.72. The van der Waals surface area contributed by atoms with E-state index in [0.717, 1.165) is 18.7 Å². The van der Waals surface area contributed by atoms with Crippen molar-refractivity contribution in [1.29, 1.82) is 0 Å². The molecule has 5 nitrogen and oxygen atoms in total. The lowest BCUT2D eigenvalue weighted by atomic mass is 10.1. The first kappa shape index (κ1) is 21.1. The van der Waals surface area contributed by atoms with Gasteiger partial charge < -0.3 is 10.1 Å². The number of hydrogen-bond acceptors (Lipinski definition) is 4. The molecule has 2 rings (SSSR count). The van der Waals surface area contributed by atoms with Crippen molar-refractivity contribution in [2.24, 2.45) is 0 Å². The van der Waals surface area contributed by atoms with Crippen molar-refractivity contribution < 1.29 is 14.3 Å². The van der Waals surface area contributed by atoms with Crippen molar-refractivity contribution in [3.05, 3.63) is 90.5 Å². The highest BCUT2D eigenvalue weighted by Gasteiger charge is 2.12. The number of ether oxygens (including phenoxy) is 1. The van der Waals surface area contributed by atoms with Gasteiger partial charge in [0.25, 0.3) is 5.91 Å². The molecule has 0 unspecified atom stereocenters. The van der Waals surface area contributed by atoms with Crippen LogP contribution in [0.5, 0.6) is 5.75 Å². The summed E-state index contributed by atoms with van der Waals surface area (Å²) in [4.78, 5) is 26.9. The molecule has 0 saturated carbocycles. The van der Waals surface area contributed by atoms with E-state index in [-0.39, 0.29) is 18.2 Å². The van der Waals surface area contributed by atoms with E-state index >= 15 is 0 Å². The number of carbonyl (C=O) groups is 2. The van der Waals surface area contributed by atoms with E-state index in [4.69, 9.17) is 4.74 Å². The minimum absolute atomic E-state index is 0.0741. The molecule has 1 N–H and O–H groups in total. The number of benzene rings is 2. The summed E-state index contributed by atoms with van der Waals surface area (Å²) in [5, 5.41) is 2.69. The molecule has 1 amide bonds. The molecule has 0 aromatic heterocycles. The van der Waals surface area contributed by atoms with E-state index in [9.17, 15) is 9.59 Å². The van der Waals surface area contributed by atoms with Gasteiger partial charge in [-0.25, -0.2) is 0 Å². The summed E-state index contributed by atoms with van der Waals surface area (Å²) in [6, 6.07) is 14.3. The Bertz CT molecular complexity index is 835. The van der Waals surface area contributed by atoms with Gasteiger partial charge in [0.15, 0.2) is 5.78 Å². The number of Topliss-reactive ketones (excluding diaryl/α,β-unsaturated/α-hetero) is 1. The molecule has 0 spiro atoms. The molecule has 0 aliphatic heterocycles. The highest BCUT2D eigenvalue weighted by molar-refractivity contribution is 6.02. The fraction of sp³-hybridized carbons (Fsp3) is 0.217. The molecule has 2 aromatic rings. The monoisotopic (exact) mass is 378 g/mol. The van der Waals surface area contributed by atoms with Crippen LogP contribution in [0.2, 0.25) is 0 Å². The van der Waals surface area contributed by atoms with Gasteiger partial charge in [-0.3, -0.25) is 14.5 Å². The normalized spacial score (nSPS) is 10.4. The third kappa shape index (κ3) is 6.21. The Morgan fingerprint density at radius 2 is 1.71 bits per heavy atom. The fourth-order valence-electron chi connectivity index (χ4n) is 2.80. The molecule has 0 saturated heterocycles.